The minimum Gasteiger partial charge on any atom is -0.399 e. The Balaban J connectivity index is 1.94. The highest BCUT2D eigenvalue weighted by molar-refractivity contribution is 9.10. The van der Waals surface area contributed by atoms with Crippen LogP contribution in [0.3, 0.4) is 0 Å². The van der Waals surface area contributed by atoms with E-state index in [0.717, 1.165) is 16.9 Å². The molecular weight excluding hydrogens is 280 g/mol. The second-order valence-electron chi connectivity index (χ2n) is 4.80. The quantitative estimate of drug-likeness (QED) is 0.840. The van der Waals surface area contributed by atoms with Crippen LogP contribution >= 0.6 is 15.9 Å². The number of halogens is 1. The SMILES string of the molecule is CC(CNC(=O)c1cc(N)cc(Br)c1)C1CC1. The Hall–Kier alpha value is -1.03. The van der Waals surface area contributed by atoms with Gasteiger partial charge in [0.2, 0.25) is 0 Å². The number of nitrogen functional groups attached to an aromatic ring is 1. The first-order valence-electron chi connectivity index (χ1n) is 5.90. The summed E-state index contributed by atoms with van der Waals surface area (Å²) in [4.78, 5) is 11.9. The van der Waals surface area contributed by atoms with Crippen molar-refractivity contribution in [1.82, 2.24) is 5.32 Å². The van der Waals surface area contributed by atoms with Crippen molar-refractivity contribution in [3.05, 3.63) is 28.2 Å². The number of carbonyl (C=O) groups excluding carboxylic acids is 1. The molecule has 1 fully saturated rings. The van der Waals surface area contributed by atoms with Gasteiger partial charge in [-0.05, 0) is 42.9 Å². The molecule has 0 heterocycles. The van der Waals surface area contributed by atoms with Crippen LogP contribution in [0.5, 0.6) is 0 Å². The summed E-state index contributed by atoms with van der Waals surface area (Å²) in [7, 11) is 0. The molecule has 3 nitrogen and oxygen atoms in total. The Kier molecular flexibility index (Phi) is 3.72. The minimum absolute atomic E-state index is 0.0505. The third kappa shape index (κ3) is 3.46. The number of hydrogen-bond acceptors (Lipinski definition) is 2. The van der Waals surface area contributed by atoms with Crippen molar-refractivity contribution in [1.29, 1.82) is 0 Å². The summed E-state index contributed by atoms with van der Waals surface area (Å²) >= 11 is 3.33. The first-order chi connectivity index (χ1) is 8.06. The molecule has 4 heteroatoms. The Morgan fingerprint density at radius 2 is 2.24 bits per heavy atom. The third-order valence-electron chi connectivity index (χ3n) is 3.19. The topological polar surface area (TPSA) is 55.1 Å². The summed E-state index contributed by atoms with van der Waals surface area (Å²) in [5, 5.41) is 2.96. The lowest BCUT2D eigenvalue weighted by Crippen LogP contribution is -2.29. The van der Waals surface area contributed by atoms with E-state index in [0.29, 0.717) is 17.2 Å². The molecule has 1 aliphatic rings. The maximum atomic E-state index is 11.9. The lowest BCUT2D eigenvalue weighted by Gasteiger charge is -2.11. The number of nitrogens with two attached hydrogens (primary N) is 1. The van der Waals surface area contributed by atoms with E-state index in [2.05, 4.69) is 28.2 Å². The number of anilines is 1. The zero-order valence-corrected chi connectivity index (χ0v) is 11.5. The fourth-order valence-electron chi connectivity index (χ4n) is 1.93. The molecule has 0 aromatic heterocycles. The average molecular weight is 297 g/mol. The van der Waals surface area contributed by atoms with Gasteiger partial charge in [0.25, 0.3) is 5.91 Å². The predicted octanol–water partition coefficient (Wildman–Crippen LogP) is 2.81. The zero-order valence-electron chi connectivity index (χ0n) is 9.87. The maximum absolute atomic E-state index is 11.9. The van der Waals surface area contributed by atoms with Crippen LogP contribution in [-0.2, 0) is 0 Å². The normalized spacial score (nSPS) is 16.6. The first kappa shape index (κ1) is 12.4. The standard InChI is InChI=1S/C13H17BrN2O/c1-8(9-2-3-9)7-16-13(17)10-4-11(14)6-12(15)5-10/h4-6,8-9H,2-3,7,15H2,1H3,(H,16,17). The molecule has 3 N–H and O–H groups in total. The number of amides is 1. The van der Waals surface area contributed by atoms with E-state index in [1.54, 1.807) is 18.2 Å². The number of carbonyl (C=O) groups is 1. The molecule has 1 aromatic carbocycles. The molecule has 2 rings (SSSR count). The summed E-state index contributed by atoms with van der Waals surface area (Å²) in [5.41, 5.74) is 6.91. The van der Waals surface area contributed by atoms with Crippen LogP contribution in [0.25, 0.3) is 0 Å². The Labute approximate surface area is 110 Å². The molecular formula is C13H17BrN2O. The van der Waals surface area contributed by atoms with Gasteiger partial charge in [-0.3, -0.25) is 4.79 Å². The molecule has 0 bridgehead atoms. The minimum atomic E-state index is -0.0505. The van der Waals surface area contributed by atoms with Gasteiger partial charge in [-0.25, -0.2) is 0 Å². The van der Waals surface area contributed by atoms with E-state index in [-0.39, 0.29) is 5.91 Å². The average Bonchev–Trinajstić information content (AvgIpc) is 3.07. The van der Waals surface area contributed by atoms with Crippen LogP contribution < -0.4 is 11.1 Å². The fourth-order valence-corrected chi connectivity index (χ4v) is 2.44. The van der Waals surface area contributed by atoms with E-state index in [9.17, 15) is 4.79 Å². The largest absolute Gasteiger partial charge is 0.399 e. The molecule has 1 aromatic rings. The molecule has 1 saturated carbocycles. The van der Waals surface area contributed by atoms with Gasteiger partial charge in [0, 0.05) is 22.3 Å². The van der Waals surface area contributed by atoms with E-state index < -0.39 is 0 Å². The van der Waals surface area contributed by atoms with E-state index in [4.69, 9.17) is 5.73 Å². The highest BCUT2D eigenvalue weighted by atomic mass is 79.9. The summed E-state index contributed by atoms with van der Waals surface area (Å²) in [5.74, 6) is 1.33. The summed E-state index contributed by atoms with van der Waals surface area (Å²) in [6.07, 6.45) is 2.61. The lowest BCUT2D eigenvalue weighted by molar-refractivity contribution is 0.0946. The second-order valence-corrected chi connectivity index (χ2v) is 5.71. The molecule has 1 atom stereocenters. The van der Waals surface area contributed by atoms with Crippen LogP contribution in [0.4, 0.5) is 5.69 Å². The lowest BCUT2D eigenvalue weighted by atomic mass is 10.1. The van der Waals surface area contributed by atoms with Crippen molar-refractivity contribution in [3.8, 4) is 0 Å². The molecule has 92 valence electrons. The molecule has 0 saturated heterocycles. The molecule has 1 unspecified atom stereocenters. The van der Waals surface area contributed by atoms with Crippen molar-refractivity contribution in [2.24, 2.45) is 11.8 Å². The van der Waals surface area contributed by atoms with Gasteiger partial charge < -0.3 is 11.1 Å². The van der Waals surface area contributed by atoms with Crippen LogP contribution in [0.2, 0.25) is 0 Å². The highest BCUT2D eigenvalue weighted by Gasteiger charge is 2.27. The van der Waals surface area contributed by atoms with Crippen LogP contribution in [-0.4, -0.2) is 12.5 Å². The van der Waals surface area contributed by atoms with Crippen LogP contribution in [0, 0.1) is 11.8 Å². The number of nitrogens with one attached hydrogen (secondary N) is 1. The van der Waals surface area contributed by atoms with Crippen molar-refractivity contribution < 1.29 is 4.79 Å². The van der Waals surface area contributed by atoms with Gasteiger partial charge in [-0.1, -0.05) is 22.9 Å². The van der Waals surface area contributed by atoms with Crippen LogP contribution in [0.15, 0.2) is 22.7 Å². The summed E-state index contributed by atoms with van der Waals surface area (Å²) < 4.78 is 0.831. The Morgan fingerprint density at radius 3 is 2.82 bits per heavy atom. The second kappa shape index (κ2) is 5.08. The van der Waals surface area contributed by atoms with Crippen molar-refractivity contribution >= 4 is 27.5 Å². The van der Waals surface area contributed by atoms with Gasteiger partial charge in [-0.15, -0.1) is 0 Å². The molecule has 17 heavy (non-hydrogen) atoms. The smallest absolute Gasteiger partial charge is 0.251 e. The summed E-state index contributed by atoms with van der Waals surface area (Å²) in [6.45, 7) is 2.93. The Morgan fingerprint density at radius 1 is 1.53 bits per heavy atom. The number of hydrogen-bond donors (Lipinski definition) is 2. The molecule has 0 spiro atoms. The number of rotatable bonds is 4. The van der Waals surface area contributed by atoms with Crippen LogP contribution in [0.1, 0.15) is 30.1 Å². The van der Waals surface area contributed by atoms with Gasteiger partial charge >= 0.3 is 0 Å². The van der Waals surface area contributed by atoms with Crippen molar-refractivity contribution in [3.63, 3.8) is 0 Å². The molecule has 1 amide bonds. The maximum Gasteiger partial charge on any atom is 0.251 e. The fraction of sp³-hybridized carbons (Fsp3) is 0.462. The van der Waals surface area contributed by atoms with Gasteiger partial charge in [0.15, 0.2) is 0 Å². The first-order valence-corrected chi connectivity index (χ1v) is 6.70. The molecule has 1 aliphatic carbocycles. The Bertz CT molecular complexity index is 409. The molecule has 0 radical (unpaired) electrons. The van der Waals surface area contributed by atoms with E-state index in [1.165, 1.54) is 12.8 Å². The van der Waals surface area contributed by atoms with Gasteiger partial charge in [0.05, 0.1) is 0 Å². The van der Waals surface area contributed by atoms with Gasteiger partial charge in [0.1, 0.15) is 0 Å². The monoisotopic (exact) mass is 296 g/mol. The zero-order chi connectivity index (χ0) is 12.4. The summed E-state index contributed by atoms with van der Waals surface area (Å²) in [6, 6.07) is 5.26. The molecule has 0 aliphatic heterocycles. The van der Waals surface area contributed by atoms with Crippen molar-refractivity contribution in [2.75, 3.05) is 12.3 Å². The van der Waals surface area contributed by atoms with E-state index >= 15 is 0 Å². The predicted molar refractivity (Wildman–Crippen MR) is 72.8 cm³/mol. The van der Waals surface area contributed by atoms with Crippen molar-refractivity contribution in [2.45, 2.75) is 19.8 Å². The third-order valence-corrected chi connectivity index (χ3v) is 3.65. The van der Waals surface area contributed by atoms with Gasteiger partial charge in [-0.2, -0.15) is 0 Å². The van der Waals surface area contributed by atoms with E-state index in [1.807, 2.05) is 0 Å². The highest BCUT2D eigenvalue weighted by Crippen LogP contribution is 2.36. The number of benzene rings is 1.